The van der Waals surface area contributed by atoms with Crippen molar-refractivity contribution >= 4 is 23.1 Å². The number of nitrogens with zero attached hydrogens (tertiary/aromatic N) is 2. The van der Waals surface area contributed by atoms with Crippen LogP contribution in [-0.2, 0) is 14.3 Å². The molecule has 2 atom stereocenters. The molecule has 0 saturated carbocycles. The van der Waals surface area contributed by atoms with Gasteiger partial charge in [0, 0.05) is 30.8 Å². The number of aromatic nitrogens is 1. The molecule has 2 heterocycles. The van der Waals surface area contributed by atoms with Gasteiger partial charge in [-0.25, -0.2) is 0 Å². The van der Waals surface area contributed by atoms with E-state index in [1.54, 1.807) is 49.6 Å². The summed E-state index contributed by atoms with van der Waals surface area (Å²) in [6.45, 7) is 1.79. The Morgan fingerprint density at radius 3 is 2.52 bits per heavy atom. The third kappa shape index (κ3) is 3.68. The minimum Gasteiger partial charge on any atom is -0.547 e. The van der Waals surface area contributed by atoms with Gasteiger partial charge in [-0.1, -0.05) is 24.3 Å². The van der Waals surface area contributed by atoms with Crippen molar-refractivity contribution in [3.8, 4) is 0 Å². The minimum atomic E-state index is -1.29. The van der Waals surface area contributed by atoms with E-state index in [1.165, 1.54) is 14.2 Å². The molecule has 0 spiro atoms. The fourth-order valence-corrected chi connectivity index (χ4v) is 2.98. The van der Waals surface area contributed by atoms with E-state index in [2.05, 4.69) is 15.3 Å². The van der Waals surface area contributed by atoms with Crippen molar-refractivity contribution in [2.45, 2.75) is 19.1 Å². The monoisotopic (exact) mass is 366 g/mol. The summed E-state index contributed by atoms with van der Waals surface area (Å²) in [5.41, 5.74) is 2.86. The SMILES string of the molecule is COC1=C(Nc2ccncc2)C([C@@H](C)OC)=N[C@@H](C(=O)[O-])c2ccccc21. The molecule has 0 fully saturated rings. The highest BCUT2D eigenvalue weighted by Crippen LogP contribution is 2.34. The van der Waals surface area contributed by atoms with Gasteiger partial charge in [0.05, 0.1) is 24.9 Å². The molecule has 0 amide bonds. The number of aliphatic imine (C=N–C) groups is 1. The highest BCUT2D eigenvalue weighted by Gasteiger charge is 2.30. The Hall–Kier alpha value is -3.19. The maximum Gasteiger partial charge on any atom is 0.151 e. The summed E-state index contributed by atoms with van der Waals surface area (Å²) in [6.07, 6.45) is 2.83. The van der Waals surface area contributed by atoms with Crippen molar-refractivity contribution in [3.05, 3.63) is 65.6 Å². The number of hydrogen-bond acceptors (Lipinski definition) is 7. The molecule has 0 radical (unpaired) electrons. The maximum atomic E-state index is 11.8. The number of methoxy groups -OCH3 is 2. The van der Waals surface area contributed by atoms with Gasteiger partial charge in [0.2, 0.25) is 0 Å². The van der Waals surface area contributed by atoms with E-state index in [0.717, 1.165) is 5.69 Å². The lowest BCUT2D eigenvalue weighted by molar-refractivity contribution is -0.307. The maximum absolute atomic E-state index is 11.8. The molecule has 1 aromatic heterocycles. The predicted octanol–water partition coefficient (Wildman–Crippen LogP) is 1.79. The standard InChI is InChI=1S/C20H21N3O4/c1-12(26-2)16-18(22-13-8-10-21-11-9-13)19(27-3)15-7-5-4-6-14(15)17(23-16)20(24)25/h4-12,17H,1-3H3,(H,21,22)(H,24,25)/p-1/t12-,17-/m1/s1. The minimum absolute atomic E-state index is 0.427. The summed E-state index contributed by atoms with van der Waals surface area (Å²) in [6, 6.07) is 9.51. The van der Waals surface area contributed by atoms with Gasteiger partial charge in [0.25, 0.3) is 0 Å². The predicted molar refractivity (Wildman–Crippen MR) is 99.9 cm³/mol. The second-order valence-corrected chi connectivity index (χ2v) is 5.97. The van der Waals surface area contributed by atoms with E-state index in [1.807, 2.05) is 6.07 Å². The second-order valence-electron chi connectivity index (χ2n) is 5.97. The van der Waals surface area contributed by atoms with Crippen molar-refractivity contribution in [2.75, 3.05) is 19.5 Å². The van der Waals surface area contributed by atoms with Crippen molar-refractivity contribution in [3.63, 3.8) is 0 Å². The van der Waals surface area contributed by atoms with Crippen LogP contribution in [0.1, 0.15) is 24.1 Å². The summed E-state index contributed by atoms with van der Waals surface area (Å²) in [5, 5.41) is 15.1. The average molecular weight is 366 g/mol. The number of hydrogen-bond donors (Lipinski definition) is 1. The number of ether oxygens (including phenoxy) is 2. The zero-order valence-corrected chi connectivity index (χ0v) is 15.3. The normalized spacial score (nSPS) is 17.4. The van der Waals surface area contributed by atoms with E-state index in [0.29, 0.717) is 28.3 Å². The van der Waals surface area contributed by atoms with Crippen molar-refractivity contribution < 1.29 is 19.4 Å². The molecule has 140 valence electrons. The van der Waals surface area contributed by atoms with Gasteiger partial charge in [-0.15, -0.1) is 0 Å². The molecule has 0 unspecified atom stereocenters. The molecule has 1 aromatic carbocycles. The van der Waals surface area contributed by atoms with Crippen LogP contribution in [0.3, 0.4) is 0 Å². The smallest absolute Gasteiger partial charge is 0.151 e. The summed E-state index contributed by atoms with van der Waals surface area (Å²) in [4.78, 5) is 20.3. The molecule has 27 heavy (non-hydrogen) atoms. The lowest BCUT2D eigenvalue weighted by atomic mass is 9.99. The number of fused-ring (bicyclic) bond motifs is 1. The number of carbonyl (C=O) groups excluding carboxylic acids is 1. The van der Waals surface area contributed by atoms with Gasteiger partial charge in [0.1, 0.15) is 11.7 Å². The molecule has 1 N–H and O–H groups in total. The number of aliphatic carboxylic acids is 1. The fraction of sp³-hybridized carbons (Fsp3) is 0.250. The van der Waals surface area contributed by atoms with Gasteiger partial charge < -0.3 is 24.7 Å². The highest BCUT2D eigenvalue weighted by atomic mass is 16.5. The van der Waals surface area contributed by atoms with Crippen LogP contribution in [0.25, 0.3) is 5.76 Å². The summed E-state index contributed by atoms with van der Waals surface area (Å²) >= 11 is 0. The number of carboxylic acids is 1. The molecule has 7 heteroatoms. The Bertz CT molecular complexity index is 893. The van der Waals surface area contributed by atoms with Crippen molar-refractivity contribution in [2.24, 2.45) is 4.99 Å². The number of carbonyl (C=O) groups is 1. The average Bonchev–Trinajstić information content (AvgIpc) is 2.82. The summed E-state index contributed by atoms with van der Waals surface area (Å²) in [5.74, 6) is -0.808. The number of benzene rings is 1. The lowest BCUT2D eigenvalue weighted by Crippen LogP contribution is -2.31. The molecule has 0 saturated heterocycles. The first-order chi connectivity index (χ1) is 13.1. The Kier molecular flexibility index (Phi) is 5.52. The molecule has 0 bridgehead atoms. The molecular weight excluding hydrogens is 346 g/mol. The van der Waals surface area contributed by atoms with Crippen molar-refractivity contribution in [1.82, 2.24) is 4.98 Å². The Morgan fingerprint density at radius 2 is 1.89 bits per heavy atom. The first-order valence-corrected chi connectivity index (χ1v) is 8.43. The van der Waals surface area contributed by atoms with Gasteiger partial charge in [0.15, 0.2) is 5.76 Å². The Labute approximate surface area is 157 Å². The zero-order chi connectivity index (χ0) is 19.4. The van der Waals surface area contributed by atoms with E-state index in [4.69, 9.17) is 9.47 Å². The quantitative estimate of drug-likeness (QED) is 0.837. The van der Waals surface area contributed by atoms with Crippen molar-refractivity contribution in [1.29, 1.82) is 0 Å². The van der Waals surface area contributed by atoms with Crippen LogP contribution in [0.2, 0.25) is 0 Å². The largest absolute Gasteiger partial charge is 0.547 e. The van der Waals surface area contributed by atoms with Gasteiger partial charge in [-0.3, -0.25) is 9.98 Å². The van der Waals surface area contributed by atoms with Crippen LogP contribution in [-0.4, -0.2) is 37.0 Å². The third-order valence-electron chi connectivity index (χ3n) is 4.37. The van der Waals surface area contributed by atoms with E-state index in [9.17, 15) is 9.90 Å². The molecule has 2 aromatic rings. The van der Waals surface area contributed by atoms with E-state index < -0.39 is 18.1 Å². The molecule has 1 aliphatic rings. The van der Waals surface area contributed by atoms with Crippen LogP contribution in [0.5, 0.6) is 0 Å². The molecule has 3 rings (SSSR count). The van der Waals surface area contributed by atoms with Crippen LogP contribution >= 0.6 is 0 Å². The number of nitrogens with one attached hydrogen (secondary N) is 1. The molecule has 0 aliphatic carbocycles. The molecule has 7 nitrogen and oxygen atoms in total. The first kappa shape index (κ1) is 18.6. The molecular formula is C20H20N3O4-. The summed E-state index contributed by atoms with van der Waals surface area (Å²) in [7, 11) is 3.07. The number of rotatable bonds is 6. The lowest BCUT2D eigenvalue weighted by Gasteiger charge is -2.20. The molecule has 1 aliphatic heterocycles. The van der Waals surface area contributed by atoms with Crippen LogP contribution < -0.4 is 10.4 Å². The number of anilines is 1. The van der Waals surface area contributed by atoms with E-state index >= 15 is 0 Å². The fourth-order valence-electron chi connectivity index (χ4n) is 2.98. The van der Waals surface area contributed by atoms with Crippen LogP contribution in [0.15, 0.2) is 59.5 Å². The summed E-state index contributed by atoms with van der Waals surface area (Å²) < 4.78 is 11.1. The number of carboxylic acid groups (broad SMARTS) is 1. The Morgan fingerprint density at radius 1 is 1.19 bits per heavy atom. The number of pyridine rings is 1. The van der Waals surface area contributed by atoms with Gasteiger partial charge in [-0.2, -0.15) is 0 Å². The van der Waals surface area contributed by atoms with E-state index in [-0.39, 0.29) is 0 Å². The first-order valence-electron chi connectivity index (χ1n) is 8.43. The van der Waals surface area contributed by atoms with Gasteiger partial charge in [-0.05, 0) is 24.6 Å². The second kappa shape index (κ2) is 8.01. The Balaban J connectivity index is 2.27. The van der Waals surface area contributed by atoms with Crippen LogP contribution in [0.4, 0.5) is 5.69 Å². The van der Waals surface area contributed by atoms with Crippen LogP contribution in [0, 0.1) is 0 Å². The highest BCUT2D eigenvalue weighted by molar-refractivity contribution is 6.12. The third-order valence-corrected chi connectivity index (χ3v) is 4.37. The van der Waals surface area contributed by atoms with Gasteiger partial charge >= 0.3 is 0 Å². The zero-order valence-electron chi connectivity index (χ0n) is 15.3. The topological polar surface area (TPSA) is 95.9 Å².